The molecule has 0 radical (unpaired) electrons. The molecule has 3 rings (SSSR count). The van der Waals surface area contributed by atoms with Crippen LogP contribution in [0.5, 0.6) is 0 Å². The molecule has 1 saturated carbocycles. The van der Waals surface area contributed by atoms with E-state index >= 15 is 0 Å². The molecule has 0 spiro atoms. The average Bonchev–Trinajstić information content (AvgIpc) is 2.62. The van der Waals surface area contributed by atoms with Crippen molar-refractivity contribution >= 4 is 5.97 Å². The van der Waals surface area contributed by atoms with Crippen molar-refractivity contribution in [3.8, 4) is 0 Å². The Labute approximate surface area is 143 Å². The van der Waals surface area contributed by atoms with Crippen LogP contribution in [-0.4, -0.2) is 17.1 Å². The molecule has 3 heteroatoms. The molecule has 1 aliphatic rings. The van der Waals surface area contributed by atoms with E-state index in [4.69, 9.17) is 0 Å². The number of hydrogen-bond donors (Lipinski definition) is 2. The fourth-order valence-corrected chi connectivity index (χ4v) is 3.67. The highest BCUT2D eigenvalue weighted by Gasteiger charge is 2.43. The maximum Gasteiger partial charge on any atom is 0.314 e. The molecular formula is C21H25NO2. The number of carboxylic acid groups (broad SMARTS) is 1. The zero-order valence-corrected chi connectivity index (χ0v) is 14.2. The smallest absolute Gasteiger partial charge is 0.314 e. The minimum Gasteiger partial charge on any atom is -0.481 e. The normalized spacial score (nSPS) is 23.8. The second kappa shape index (κ2) is 7.18. The Balaban J connectivity index is 1.64. The van der Waals surface area contributed by atoms with Crippen molar-refractivity contribution in [1.82, 2.24) is 5.32 Å². The second-order valence-electron chi connectivity index (χ2n) is 6.89. The summed E-state index contributed by atoms with van der Waals surface area (Å²) in [5.74, 6) is -0.687. The Kier molecular flexibility index (Phi) is 5.00. The summed E-state index contributed by atoms with van der Waals surface area (Å²) in [6.45, 7) is 2.87. The molecule has 126 valence electrons. The van der Waals surface area contributed by atoms with Gasteiger partial charge < -0.3 is 10.4 Å². The molecule has 0 aliphatic heterocycles. The number of rotatable bonds is 5. The van der Waals surface area contributed by atoms with Gasteiger partial charge >= 0.3 is 5.97 Å². The molecular weight excluding hydrogens is 298 g/mol. The predicted octanol–water partition coefficient (Wildman–Crippen LogP) is 4.05. The van der Waals surface area contributed by atoms with E-state index in [1.165, 1.54) is 5.56 Å². The number of carboxylic acids is 1. The zero-order chi connectivity index (χ0) is 17.0. The summed E-state index contributed by atoms with van der Waals surface area (Å²) in [4.78, 5) is 12.0. The SMILES string of the molecule is Cc1ccc(C2(C(=O)O)CCC(NCc3ccccc3)CC2)cc1. The van der Waals surface area contributed by atoms with Gasteiger partial charge in [0.2, 0.25) is 0 Å². The van der Waals surface area contributed by atoms with Gasteiger partial charge in [-0.2, -0.15) is 0 Å². The van der Waals surface area contributed by atoms with Crippen LogP contribution in [0.4, 0.5) is 0 Å². The van der Waals surface area contributed by atoms with E-state index in [-0.39, 0.29) is 0 Å². The third kappa shape index (κ3) is 3.51. The first-order valence-electron chi connectivity index (χ1n) is 8.68. The van der Waals surface area contributed by atoms with Crippen LogP contribution in [0.3, 0.4) is 0 Å². The van der Waals surface area contributed by atoms with Crippen LogP contribution in [0, 0.1) is 6.92 Å². The highest BCUT2D eigenvalue weighted by Crippen LogP contribution is 2.40. The summed E-state index contributed by atoms with van der Waals surface area (Å²) in [7, 11) is 0. The quantitative estimate of drug-likeness (QED) is 0.873. The molecule has 2 N–H and O–H groups in total. The van der Waals surface area contributed by atoms with E-state index in [9.17, 15) is 9.90 Å². The largest absolute Gasteiger partial charge is 0.481 e. The summed E-state index contributed by atoms with van der Waals surface area (Å²) in [5.41, 5.74) is 2.66. The predicted molar refractivity (Wildman–Crippen MR) is 96.0 cm³/mol. The van der Waals surface area contributed by atoms with E-state index in [2.05, 4.69) is 17.4 Å². The summed E-state index contributed by atoms with van der Waals surface area (Å²) < 4.78 is 0. The van der Waals surface area contributed by atoms with Crippen LogP contribution >= 0.6 is 0 Å². The van der Waals surface area contributed by atoms with Crippen molar-refractivity contribution in [2.45, 2.75) is 50.6 Å². The Bertz CT molecular complexity index is 671. The Morgan fingerprint density at radius 3 is 2.29 bits per heavy atom. The lowest BCUT2D eigenvalue weighted by Gasteiger charge is -2.37. The fraction of sp³-hybridized carbons (Fsp3) is 0.381. The second-order valence-corrected chi connectivity index (χ2v) is 6.89. The van der Waals surface area contributed by atoms with Gasteiger partial charge in [-0.3, -0.25) is 4.79 Å². The molecule has 0 heterocycles. The first-order valence-corrected chi connectivity index (χ1v) is 8.68. The lowest BCUT2D eigenvalue weighted by molar-refractivity contribution is -0.145. The maximum atomic E-state index is 12.0. The van der Waals surface area contributed by atoms with Gasteiger partial charge in [0, 0.05) is 12.6 Å². The minimum atomic E-state index is -0.724. The van der Waals surface area contributed by atoms with Gasteiger partial charge in [0.05, 0.1) is 5.41 Å². The third-order valence-electron chi connectivity index (χ3n) is 5.29. The lowest BCUT2D eigenvalue weighted by atomic mass is 9.68. The maximum absolute atomic E-state index is 12.0. The molecule has 0 bridgehead atoms. The monoisotopic (exact) mass is 323 g/mol. The summed E-state index contributed by atoms with van der Waals surface area (Å²) in [5, 5.41) is 13.5. The number of aliphatic carboxylic acids is 1. The third-order valence-corrected chi connectivity index (χ3v) is 5.29. The van der Waals surface area contributed by atoms with Gasteiger partial charge in [-0.25, -0.2) is 0 Å². The minimum absolute atomic E-state index is 0.392. The Hall–Kier alpha value is -2.13. The van der Waals surface area contributed by atoms with Crippen molar-refractivity contribution in [2.24, 2.45) is 0 Å². The zero-order valence-electron chi connectivity index (χ0n) is 14.2. The van der Waals surface area contributed by atoms with Crippen LogP contribution in [-0.2, 0) is 16.8 Å². The fourth-order valence-electron chi connectivity index (χ4n) is 3.67. The highest BCUT2D eigenvalue weighted by atomic mass is 16.4. The van der Waals surface area contributed by atoms with Crippen LogP contribution in [0.1, 0.15) is 42.4 Å². The number of benzene rings is 2. The number of carbonyl (C=O) groups is 1. The van der Waals surface area contributed by atoms with E-state index in [1.807, 2.05) is 49.4 Å². The van der Waals surface area contributed by atoms with E-state index < -0.39 is 11.4 Å². The van der Waals surface area contributed by atoms with Crippen LogP contribution in [0.2, 0.25) is 0 Å². The molecule has 2 aromatic carbocycles. The summed E-state index contributed by atoms with van der Waals surface area (Å²) in [6.07, 6.45) is 3.18. The molecule has 3 nitrogen and oxygen atoms in total. The van der Waals surface area contributed by atoms with Gasteiger partial charge in [0.1, 0.15) is 0 Å². The summed E-state index contributed by atoms with van der Waals surface area (Å²) in [6, 6.07) is 18.7. The lowest BCUT2D eigenvalue weighted by Crippen LogP contribution is -2.44. The molecule has 0 aromatic heterocycles. The van der Waals surface area contributed by atoms with Crippen LogP contribution in [0.15, 0.2) is 54.6 Å². The molecule has 24 heavy (non-hydrogen) atoms. The Morgan fingerprint density at radius 2 is 1.71 bits per heavy atom. The number of hydrogen-bond acceptors (Lipinski definition) is 2. The molecule has 1 fully saturated rings. The van der Waals surface area contributed by atoms with Gasteiger partial charge in [-0.15, -0.1) is 0 Å². The molecule has 0 unspecified atom stereocenters. The van der Waals surface area contributed by atoms with Gasteiger partial charge in [-0.1, -0.05) is 60.2 Å². The topological polar surface area (TPSA) is 49.3 Å². The number of nitrogens with one attached hydrogen (secondary N) is 1. The average molecular weight is 323 g/mol. The van der Waals surface area contributed by atoms with Crippen LogP contribution in [0.25, 0.3) is 0 Å². The van der Waals surface area contributed by atoms with Gasteiger partial charge in [0.25, 0.3) is 0 Å². The van der Waals surface area contributed by atoms with Gasteiger partial charge in [-0.05, 0) is 43.7 Å². The van der Waals surface area contributed by atoms with E-state index in [0.717, 1.165) is 30.5 Å². The molecule has 2 aromatic rings. The highest BCUT2D eigenvalue weighted by molar-refractivity contribution is 5.81. The van der Waals surface area contributed by atoms with Crippen molar-refractivity contribution in [3.63, 3.8) is 0 Å². The Morgan fingerprint density at radius 1 is 1.08 bits per heavy atom. The standard InChI is InChI=1S/C21H25NO2/c1-16-7-9-18(10-8-16)21(20(23)24)13-11-19(12-14-21)22-15-17-5-3-2-4-6-17/h2-10,19,22H,11-15H2,1H3,(H,23,24). The molecule has 0 saturated heterocycles. The van der Waals surface area contributed by atoms with Crippen LogP contribution < -0.4 is 5.32 Å². The number of aryl methyl sites for hydroxylation is 1. The van der Waals surface area contributed by atoms with E-state index in [0.29, 0.717) is 18.9 Å². The van der Waals surface area contributed by atoms with Crippen molar-refractivity contribution < 1.29 is 9.90 Å². The summed E-state index contributed by atoms with van der Waals surface area (Å²) >= 11 is 0. The van der Waals surface area contributed by atoms with Crippen molar-refractivity contribution in [1.29, 1.82) is 0 Å². The molecule has 1 aliphatic carbocycles. The van der Waals surface area contributed by atoms with E-state index in [1.54, 1.807) is 0 Å². The van der Waals surface area contributed by atoms with Gasteiger partial charge in [0.15, 0.2) is 0 Å². The van der Waals surface area contributed by atoms with Crippen molar-refractivity contribution in [3.05, 3.63) is 71.3 Å². The molecule has 0 amide bonds. The van der Waals surface area contributed by atoms with Crippen molar-refractivity contribution in [2.75, 3.05) is 0 Å². The first-order chi connectivity index (χ1) is 11.6. The first kappa shape index (κ1) is 16.7. The molecule has 0 atom stereocenters.